The molecule has 1 heterocycles. The summed E-state index contributed by atoms with van der Waals surface area (Å²) in [6, 6.07) is 14.0. The lowest BCUT2D eigenvalue weighted by atomic mass is 9.89. The van der Waals surface area contributed by atoms with Gasteiger partial charge in [0.1, 0.15) is 5.60 Å². The van der Waals surface area contributed by atoms with Crippen molar-refractivity contribution in [2.24, 2.45) is 11.8 Å². The molecular weight excluding hydrogens is 535 g/mol. The number of hydrogen-bond acceptors (Lipinski definition) is 4. The average Bonchev–Trinajstić information content (AvgIpc) is 3.56. The summed E-state index contributed by atoms with van der Waals surface area (Å²) in [5, 5.41) is 3.67. The van der Waals surface area contributed by atoms with Crippen molar-refractivity contribution >= 4 is 50.6 Å². The van der Waals surface area contributed by atoms with E-state index in [0.717, 1.165) is 35.4 Å². The van der Waals surface area contributed by atoms with Gasteiger partial charge in [-0.15, -0.1) is 11.3 Å². The highest BCUT2D eigenvalue weighted by atomic mass is 35.5. The van der Waals surface area contributed by atoms with E-state index in [1.807, 2.05) is 39.0 Å². The fourth-order valence-electron chi connectivity index (χ4n) is 4.65. The lowest BCUT2D eigenvalue weighted by Crippen LogP contribution is -2.34. The molecule has 1 N–H and O–H groups in total. The molecule has 1 fully saturated rings. The zero-order chi connectivity index (χ0) is 27.8. The summed E-state index contributed by atoms with van der Waals surface area (Å²) >= 11 is 7.57. The van der Waals surface area contributed by atoms with Gasteiger partial charge < -0.3 is 10.1 Å². The maximum atomic E-state index is 13.9. The van der Waals surface area contributed by atoms with E-state index in [0.29, 0.717) is 10.8 Å². The van der Waals surface area contributed by atoms with E-state index in [-0.39, 0.29) is 29.0 Å². The van der Waals surface area contributed by atoms with E-state index in [1.54, 1.807) is 30.3 Å². The van der Waals surface area contributed by atoms with Crippen molar-refractivity contribution in [2.75, 3.05) is 5.32 Å². The SMILES string of the molecule is CC(C(C(=O)Nc1cc(C(CC(=O)OC(C)(C)C)C2CC2)ccc1Cl)c1cc2ccccc2s1)C(F)(F)F. The van der Waals surface area contributed by atoms with Crippen LogP contribution in [0.1, 0.15) is 69.2 Å². The van der Waals surface area contributed by atoms with Crippen molar-refractivity contribution in [1.29, 1.82) is 0 Å². The summed E-state index contributed by atoms with van der Waals surface area (Å²) < 4.78 is 48.0. The third kappa shape index (κ3) is 6.89. The van der Waals surface area contributed by atoms with E-state index in [9.17, 15) is 22.8 Å². The zero-order valence-corrected chi connectivity index (χ0v) is 23.3. The van der Waals surface area contributed by atoms with Crippen LogP contribution in [0.2, 0.25) is 5.02 Å². The smallest absolute Gasteiger partial charge is 0.392 e. The molecule has 38 heavy (non-hydrogen) atoms. The Hall–Kier alpha value is -2.58. The zero-order valence-electron chi connectivity index (χ0n) is 21.7. The topological polar surface area (TPSA) is 55.4 Å². The summed E-state index contributed by atoms with van der Waals surface area (Å²) in [5.74, 6) is -4.31. The Morgan fingerprint density at radius 3 is 2.39 bits per heavy atom. The van der Waals surface area contributed by atoms with E-state index < -0.39 is 29.5 Å². The van der Waals surface area contributed by atoms with Gasteiger partial charge in [0.25, 0.3) is 0 Å². The van der Waals surface area contributed by atoms with Crippen LogP contribution in [0.3, 0.4) is 0 Å². The van der Waals surface area contributed by atoms with E-state index in [2.05, 4.69) is 5.32 Å². The molecule has 0 saturated heterocycles. The van der Waals surface area contributed by atoms with Gasteiger partial charge >= 0.3 is 12.1 Å². The standard InChI is InChI=1S/C29H31ClF3NO3S/c1-16(29(31,32)33)26(24-14-19-7-5-6-8-23(19)38-24)27(36)34-22-13-18(11-12-21(22)30)20(17-9-10-17)15-25(35)37-28(2,3)4/h5-8,11-14,16-17,20,26H,9-10,15H2,1-4H3,(H,34,36). The van der Waals surface area contributed by atoms with Crippen LogP contribution in [0.15, 0.2) is 48.5 Å². The van der Waals surface area contributed by atoms with Gasteiger partial charge in [-0.25, -0.2) is 0 Å². The van der Waals surface area contributed by atoms with Crippen molar-refractivity contribution in [1.82, 2.24) is 0 Å². The maximum Gasteiger partial charge on any atom is 0.392 e. The highest BCUT2D eigenvalue weighted by molar-refractivity contribution is 7.19. The second-order valence-corrected chi connectivity index (χ2v) is 12.5. The predicted octanol–water partition coefficient (Wildman–Crippen LogP) is 8.70. The summed E-state index contributed by atoms with van der Waals surface area (Å²) in [6.45, 7) is 6.45. The van der Waals surface area contributed by atoms with Crippen LogP contribution < -0.4 is 5.32 Å². The van der Waals surface area contributed by atoms with Crippen molar-refractivity contribution < 1.29 is 27.5 Å². The van der Waals surface area contributed by atoms with Gasteiger partial charge in [-0.2, -0.15) is 13.2 Å². The molecular formula is C29H31ClF3NO3S. The van der Waals surface area contributed by atoms with Gasteiger partial charge in [-0.1, -0.05) is 42.8 Å². The number of carbonyl (C=O) groups excluding carboxylic acids is 2. The summed E-state index contributed by atoms with van der Waals surface area (Å²) in [7, 11) is 0. The minimum Gasteiger partial charge on any atom is -0.460 e. The molecule has 2 aromatic carbocycles. The molecule has 1 amide bonds. The first-order chi connectivity index (χ1) is 17.7. The maximum absolute atomic E-state index is 13.9. The molecule has 0 radical (unpaired) electrons. The number of benzene rings is 2. The second-order valence-electron chi connectivity index (χ2n) is 11.0. The van der Waals surface area contributed by atoms with Crippen LogP contribution in [0.5, 0.6) is 0 Å². The van der Waals surface area contributed by atoms with Crippen LogP contribution >= 0.6 is 22.9 Å². The van der Waals surface area contributed by atoms with Crippen molar-refractivity contribution in [2.45, 2.75) is 70.6 Å². The van der Waals surface area contributed by atoms with E-state index >= 15 is 0 Å². The largest absolute Gasteiger partial charge is 0.460 e. The molecule has 3 atom stereocenters. The first-order valence-corrected chi connectivity index (χ1v) is 13.8. The van der Waals surface area contributed by atoms with Gasteiger partial charge in [0, 0.05) is 9.58 Å². The summed E-state index contributed by atoms with van der Waals surface area (Å²) in [4.78, 5) is 26.4. The number of carbonyl (C=O) groups is 2. The number of halogens is 4. The Balaban J connectivity index is 1.62. The number of fused-ring (bicyclic) bond motifs is 1. The molecule has 9 heteroatoms. The molecule has 1 aromatic heterocycles. The Kier molecular flexibility index (Phi) is 8.15. The number of amides is 1. The molecule has 1 aliphatic rings. The first-order valence-electron chi connectivity index (χ1n) is 12.6. The van der Waals surface area contributed by atoms with E-state index in [4.69, 9.17) is 16.3 Å². The molecule has 0 aliphatic heterocycles. The first kappa shape index (κ1) is 28.4. The molecule has 0 spiro atoms. The molecule has 204 valence electrons. The highest BCUT2D eigenvalue weighted by Crippen LogP contribution is 2.46. The van der Waals surface area contributed by atoms with E-state index in [1.165, 1.54) is 11.3 Å². The van der Waals surface area contributed by atoms with Crippen LogP contribution in [0, 0.1) is 11.8 Å². The number of esters is 1. The van der Waals surface area contributed by atoms with Gasteiger partial charge in [0.2, 0.25) is 5.91 Å². The van der Waals surface area contributed by atoms with Crippen molar-refractivity contribution in [3.05, 3.63) is 64.0 Å². The summed E-state index contributed by atoms with van der Waals surface area (Å²) in [5.41, 5.74) is 0.408. The Morgan fingerprint density at radius 1 is 1.11 bits per heavy atom. The highest BCUT2D eigenvalue weighted by Gasteiger charge is 2.45. The predicted molar refractivity (Wildman–Crippen MR) is 146 cm³/mol. The molecule has 1 saturated carbocycles. The van der Waals surface area contributed by atoms with Crippen LogP contribution in [0.4, 0.5) is 18.9 Å². The number of rotatable bonds is 8. The van der Waals surface area contributed by atoms with Crippen LogP contribution in [0.25, 0.3) is 10.1 Å². The van der Waals surface area contributed by atoms with Crippen LogP contribution in [-0.4, -0.2) is 23.7 Å². The van der Waals surface area contributed by atoms with Crippen molar-refractivity contribution in [3.8, 4) is 0 Å². The molecule has 0 bridgehead atoms. The Bertz CT molecular complexity index is 1290. The third-order valence-electron chi connectivity index (χ3n) is 6.72. The number of ether oxygens (including phenoxy) is 1. The number of hydrogen-bond donors (Lipinski definition) is 1. The molecule has 3 unspecified atom stereocenters. The van der Waals surface area contributed by atoms with Gasteiger partial charge in [-0.3, -0.25) is 9.59 Å². The minimum atomic E-state index is -4.58. The normalized spacial score (nSPS) is 16.6. The monoisotopic (exact) mass is 565 g/mol. The molecule has 4 rings (SSSR count). The fraction of sp³-hybridized carbons (Fsp3) is 0.448. The number of anilines is 1. The number of nitrogens with one attached hydrogen (secondary N) is 1. The van der Waals surface area contributed by atoms with Gasteiger partial charge in [-0.05, 0) is 80.7 Å². The second kappa shape index (κ2) is 10.9. The van der Waals surface area contributed by atoms with Crippen LogP contribution in [-0.2, 0) is 14.3 Å². The summed E-state index contributed by atoms with van der Waals surface area (Å²) in [6.07, 6.45) is -2.47. The van der Waals surface area contributed by atoms with Crippen molar-refractivity contribution in [3.63, 3.8) is 0 Å². The molecule has 4 nitrogen and oxygen atoms in total. The number of alkyl halides is 3. The molecule has 3 aromatic rings. The van der Waals surface area contributed by atoms with Gasteiger partial charge in [0.15, 0.2) is 0 Å². The third-order valence-corrected chi connectivity index (χ3v) is 8.25. The minimum absolute atomic E-state index is 0.134. The Morgan fingerprint density at radius 2 is 1.79 bits per heavy atom. The Labute approximate surface area is 229 Å². The fourth-order valence-corrected chi connectivity index (χ4v) is 6.08. The molecule has 1 aliphatic carbocycles. The quantitative estimate of drug-likeness (QED) is 0.278. The lowest BCUT2D eigenvalue weighted by molar-refractivity contribution is -0.177. The van der Waals surface area contributed by atoms with Gasteiger partial charge in [0.05, 0.1) is 29.0 Å². The average molecular weight is 566 g/mol. The lowest BCUT2D eigenvalue weighted by Gasteiger charge is -2.25. The number of thiophene rings is 1.